The number of likely N-dealkylation sites (tertiary alicyclic amines) is 1. The molecular weight excluding hydrogens is 352 g/mol. The van der Waals surface area contributed by atoms with Crippen molar-refractivity contribution in [2.24, 2.45) is 5.92 Å². The highest BCUT2D eigenvalue weighted by Crippen LogP contribution is 2.32. The Bertz CT molecular complexity index is 783. The van der Waals surface area contributed by atoms with E-state index in [1.165, 1.54) is 7.11 Å². The predicted molar refractivity (Wildman–Crippen MR) is 99.8 cm³/mol. The first kappa shape index (κ1) is 19.2. The van der Waals surface area contributed by atoms with Gasteiger partial charge >= 0.3 is 0 Å². The van der Waals surface area contributed by atoms with Crippen molar-refractivity contribution in [3.63, 3.8) is 0 Å². The van der Waals surface area contributed by atoms with Crippen LogP contribution in [0, 0.1) is 19.8 Å². The van der Waals surface area contributed by atoms with E-state index in [1.807, 2.05) is 18.7 Å². The molecule has 0 unspecified atom stereocenters. The fraction of sp³-hybridized carbons (Fsp3) is 0.632. The lowest BCUT2D eigenvalue weighted by Crippen LogP contribution is -2.41. The third-order valence-corrected chi connectivity index (χ3v) is 7.54. The first-order chi connectivity index (χ1) is 12.3. The first-order valence-corrected chi connectivity index (χ1v) is 10.7. The van der Waals surface area contributed by atoms with Crippen LogP contribution in [0.5, 0.6) is 5.75 Å². The van der Waals surface area contributed by atoms with Crippen LogP contribution in [0.25, 0.3) is 0 Å². The monoisotopic (exact) mass is 380 g/mol. The lowest BCUT2D eigenvalue weighted by Gasteiger charge is -2.33. The topological polar surface area (TPSA) is 66.9 Å². The minimum absolute atomic E-state index is 0.236. The molecule has 2 heterocycles. The molecule has 0 aromatic heterocycles. The summed E-state index contributed by atoms with van der Waals surface area (Å²) < 4.78 is 33.1. The van der Waals surface area contributed by atoms with Crippen LogP contribution >= 0.6 is 0 Å². The summed E-state index contributed by atoms with van der Waals surface area (Å²) in [5.74, 6) is 1.02. The smallest absolute Gasteiger partial charge is 0.246 e. The van der Waals surface area contributed by atoms with Gasteiger partial charge in [-0.25, -0.2) is 8.42 Å². The van der Waals surface area contributed by atoms with Gasteiger partial charge in [0, 0.05) is 32.6 Å². The van der Waals surface area contributed by atoms with Gasteiger partial charge < -0.3 is 9.64 Å². The fourth-order valence-corrected chi connectivity index (χ4v) is 5.50. The van der Waals surface area contributed by atoms with E-state index in [-0.39, 0.29) is 10.8 Å². The van der Waals surface area contributed by atoms with Crippen molar-refractivity contribution < 1.29 is 17.9 Å². The maximum atomic E-state index is 13.1. The molecular formula is C19H28N2O4S. The Hall–Kier alpha value is -1.60. The molecule has 0 atom stereocenters. The van der Waals surface area contributed by atoms with Gasteiger partial charge in [-0.05, 0) is 62.3 Å². The van der Waals surface area contributed by atoms with Crippen LogP contribution in [0.15, 0.2) is 17.0 Å². The molecule has 2 aliphatic heterocycles. The van der Waals surface area contributed by atoms with E-state index in [0.717, 1.165) is 43.5 Å². The second-order valence-corrected chi connectivity index (χ2v) is 9.28. The number of benzene rings is 1. The molecule has 2 aliphatic rings. The summed E-state index contributed by atoms with van der Waals surface area (Å²) in [6.07, 6.45) is 3.17. The molecule has 7 heteroatoms. The zero-order chi connectivity index (χ0) is 18.9. The summed E-state index contributed by atoms with van der Waals surface area (Å²) in [6.45, 7) is 6.44. The molecule has 2 saturated heterocycles. The second kappa shape index (κ2) is 7.56. The predicted octanol–water partition coefficient (Wildman–Crippen LogP) is 2.34. The highest BCUT2D eigenvalue weighted by molar-refractivity contribution is 7.89. The zero-order valence-electron chi connectivity index (χ0n) is 15.8. The third-order valence-electron chi connectivity index (χ3n) is 5.62. The van der Waals surface area contributed by atoms with Gasteiger partial charge in [0.15, 0.2) is 0 Å². The van der Waals surface area contributed by atoms with E-state index < -0.39 is 10.0 Å². The molecule has 26 heavy (non-hydrogen) atoms. The molecule has 1 aromatic rings. The normalized spacial score (nSPS) is 20.0. The summed E-state index contributed by atoms with van der Waals surface area (Å²) in [5, 5.41) is 0. The molecule has 2 fully saturated rings. The second-order valence-electron chi connectivity index (χ2n) is 7.38. The Kier molecular flexibility index (Phi) is 5.58. The number of ether oxygens (including phenoxy) is 1. The Balaban J connectivity index is 1.70. The van der Waals surface area contributed by atoms with Gasteiger partial charge in [0.2, 0.25) is 15.9 Å². The van der Waals surface area contributed by atoms with E-state index in [4.69, 9.17) is 4.74 Å². The third kappa shape index (κ3) is 3.74. The molecule has 0 spiro atoms. The van der Waals surface area contributed by atoms with E-state index >= 15 is 0 Å². The molecule has 3 rings (SSSR count). The van der Waals surface area contributed by atoms with Crippen molar-refractivity contribution in [3.05, 3.63) is 23.3 Å². The van der Waals surface area contributed by atoms with Crippen molar-refractivity contribution in [1.29, 1.82) is 0 Å². The Morgan fingerprint density at radius 2 is 1.77 bits per heavy atom. The molecule has 0 saturated carbocycles. The van der Waals surface area contributed by atoms with Crippen molar-refractivity contribution in [2.75, 3.05) is 33.3 Å². The molecule has 1 aromatic carbocycles. The SMILES string of the molecule is COc1cc(C)c(C)cc1S(=O)(=O)N1CCC(CN2CCCC2=O)CC1. The lowest BCUT2D eigenvalue weighted by atomic mass is 9.98. The Labute approximate surface area is 156 Å². The fourth-order valence-electron chi connectivity index (χ4n) is 3.80. The maximum Gasteiger partial charge on any atom is 0.246 e. The van der Waals surface area contributed by atoms with Crippen LogP contribution in [0.2, 0.25) is 0 Å². The van der Waals surface area contributed by atoms with Crippen molar-refractivity contribution in [3.8, 4) is 5.75 Å². The van der Waals surface area contributed by atoms with Gasteiger partial charge in [0.05, 0.1) is 7.11 Å². The summed E-state index contributed by atoms with van der Waals surface area (Å²) in [4.78, 5) is 14.0. The van der Waals surface area contributed by atoms with Gasteiger partial charge in [-0.15, -0.1) is 0 Å². The van der Waals surface area contributed by atoms with Gasteiger partial charge in [-0.3, -0.25) is 4.79 Å². The van der Waals surface area contributed by atoms with Crippen LogP contribution in [-0.4, -0.2) is 56.8 Å². The summed E-state index contributed by atoms with van der Waals surface area (Å²) in [6, 6.07) is 3.49. The lowest BCUT2D eigenvalue weighted by molar-refractivity contribution is -0.128. The number of rotatable bonds is 5. The summed E-state index contributed by atoms with van der Waals surface area (Å²) in [7, 11) is -2.08. The highest BCUT2D eigenvalue weighted by Gasteiger charge is 2.33. The van der Waals surface area contributed by atoms with Gasteiger partial charge in [0.25, 0.3) is 0 Å². The van der Waals surface area contributed by atoms with Crippen molar-refractivity contribution >= 4 is 15.9 Å². The van der Waals surface area contributed by atoms with Crippen molar-refractivity contribution in [2.45, 2.75) is 44.4 Å². The Morgan fingerprint density at radius 1 is 1.12 bits per heavy atom. The highest BCUT2D eigenvalue weighted by atomic mass is 32.2. The van der Waals surface area contributed by atoms with Gasteiger partial charge in [-0.1, -0.05) is 0 Å². The average molecular weight is 381 g/mol. The summed E-state index contributed by atoms with van der Waals surface area (Å²) >= 11 is 0. The number of hydrogen-bond donors (Lipinski definition) is 0. The van der Waals surface area contributed by atoms with E-state index in [0.29, 0.717) is 31.2 Å². The first-order valence-electron chi connectivity index (χ1n) is 9.26. The van der Waals surface area contributed by atoms with Crippen LogP contribution in [-0.2, 0) is 14.8 Å². The standard InChI is InChI=1S/C19H28N2O4S/c1-14-11-17(25-3)18(12-15(14)2)26(23,24)21-9-6-16(7-10-21)13-20-8-4-5-19(20)22/h11-12,16H,4-10,13H2,1-3H3. The zero-order valence-corrected chi connectivity index (χ0v) is 16.6. The number of sulfonamides is 1. The number of carbonyl (C=O) groups is 1. The number of carbonyl (C=O) groups excluding carboxylic acids is 1. The minimum Gasteiger partial charge on any atom is -0.495 e. The molecule has 144 valence electrons. The molecule has 0 radical (unpaired) electrons. The van der Waals surface area contributed by atoms with E-state index in [1.54, 1.807) is 16.4 Å². The summed E-state index contributed by atoms with van der Waals surface area (Å²) in [5.41, 5.74) is 1.95. The van der Waals surface area contributed by atoms with Gasteiger partial charge in [0.1, 0.15) is 10.6 Å². The number of amides is 1. The number of nitrogens with zero attached hydrogens (tertiary/aromatic N) is 2. The van der Waals surface area contributed by atoms with Crippen LogP contribution in [0.1, 0.15) is 36.8 Å². The Morgan fingerprint density at radius 3 is 2.35 bits per heavy atom. The molecule has 0 N–H and O–H groups in total. The van der Waals surface area contributed by atoms with E-state index in [2.05, 4.69) is 0 Å². The largest absolute Gasteiger partial charge is 0.495 e. The van der Waals surface area contributed by atoms with Gasteiger partial charge in [-0.2, -0.15) is 4.31 Å². The number of aryl methyl sites for hydroxylation is 2. The molecule has 1 amide bonds. The average Bonchev–Trinajstić information content (AvgIpc) is 3.02. The van der Waals surface area contributed by atoms with Crippen molar-refractivity contribution in [1.82, 2.24) is 9.21 Å². The van der Waals surface area contributed by atoms with E-state index in [9.17, 15) is 13.2 Å². The van der Waals surface area contributed by atoms with Crippen LogP contribution < -0.4 is 4.74 Å². The van der Waals surface area contributed by atoms with Crippen LogP contribution in [0.4, 0.5) is 0 Å². The minimum atomic E-state index is -3.58. The maximum absolute atomic E-state index is 13.1. The van der Waals surface area contributed by atoms with Crippen LogP contribution in [0.3, 0.4) is 0 Å². The number of piperidine rings is 1. The number of hydrogen-bond acceptors (Lipinski definition) is 4. The quantitative estimate of drug-likeness (QED) is 0.786. The number of methoxy groups -OCH3 is 1. The molecule has 6 nitrogen and oxygen atoms in total. The molecule has 0 aliphatic carbocycles. The molecule has 0 bridgehead atoms.